The number of hydrazine groups is 1. The summed E-state index contributed by atoms with van der Waals surface area (Å²) < 4.78 is 11.0. The average molecular weight is 526 g/mol. The minimum absolute atomic E-state index is 0.164. The van der Waals surface area contributed by atoms with Gasteiger partial charge in [0.1, 0.15) is 0 Å². The van der Waals surface area contributed by atoms with Crippen molar-refractivity contribution in [1.29, 1.82) is 0 Å². The molecule has 0 saturated heterocycles. The summed E-state index contributed by atoms with van der Waals surface area (Å²) in [5.74, 6) is -1.71. The highest BCUT2D eigenvalue weighted by Crippen LogP contribution is 2.28. The van der Waals surface area contributed by atoms with E-state index in [1.807, 2.05) is 0 Å². The first-order chi connectivity index (χ1) is 16.3. The van der Waals surface area contributed by atoms with Crippen LogP contribution >= 0.6 is 15.9 Å². The number of anilines is 1. The Morgan fingerprint density at radius 3 is 1.97 bits per heavy atom. The van der Waals surface area contributed by atoms with Crippen molar-refractivity contribution in [2.45, 2.75) is 6.92 Å². The zero-order chi connectivity index (χ0) is 24.7. The van der Waals surface area contributed by atoms with Gasteiger partial charge in [0, 0.05) is 33.8 Å². The van der Waals surface area contributed by atoms with Gasteiger partial charge in [-0.15, -0.1) is 0 Å². The van der Waals surface area contributed by atoms with E-state index in [2.05, 4.69) is 32.1 Å². The van der Waals surface area contributed by atoms with Crippen molar-refractivity contribution < 1.29 is 28.7 Å². The molecule has 0 bridgehead atoms. The molecule has 0 fully saturated rings. The second-order valence-corrected chi connectivity index (χ2v) is 7.83. The van der Waals surface area contributed by atoms with Crippen LogP contribution in [0.15, 0.2) is 71.2 Å². The number of methoxy groups -OCH3 is 1. The highest BCUT2D eigenvalue weighted by Gasteiger charge is 2.14. The molecule has 9 nitrogen and oxygen atoms in total. The maximum Gasteiger partial charge on any atom is 0.308 e. The van der Waals surface area contributed by atoms with Crippen molar-refractivity contribution in [3.05, 3.63) is 87.9 Å². The standard InChI is InChI=1S/C24H20BrN3O6/c1-14(29)34-20-11-8-17(13-21(20)33-2)24(32)28-27-23(31)16-4-3-5-19(12-16)26-22(30)15-6-9-18(25)10-7-15/h3-13H,1-2H3,(H,26,30)(H,27,31)(H,28,32). The monoisotopic (exact) mass is 525 g/mol. The maximum absolute atomic E-state index is 12.5. The molecule has 0 unspecified atom stereocenters. The van der Waals surface area contributed by atoms with Crippen molar-refractivity contribution in [3.63, 3.8) is 0 Å². The van der Waals surface area contributed by atoms with E-state index in [-0.39, 0.29) is 28.5 Å². The molecular weight excluding hydrogens is 506 g/mol. The second kappa shape index (κ2) is 11.1. The van der Waals surface area contributed by atoms with Gasteiger partial charge in [0.2, 0.25) is 0 Å². The molecule has 0 aliphatic heterocycles. The lowest BCUT2D eigenvalue weighted by Crippen LogP contribution is -2.41. The van der Waals surface area contributed by atoms with Gasteiger partial charge in [-0.3, -0.25) is 30.0 Å². The van der Waals surface area contributed by atoms with Crippen molar-refractivity contribution in [1.82, 2.24) is 10.9 Å². The SMILES string of the molecule is COc1cc(C(=O)NNC(=O)c2cccc(NC(=O)c3ccc(Br)cc3)c2)ccc1OC(C)=O. The lowest BCUT2D eigenvalue weighted by Gasteiger charge is -2.11. The van der Waals surface area contributed by atoms with Gasteiger partial charge >= 0.3 is 5.97 Å². The molecule has 0 saturated carbocycles. The molecule has 0 spiro atoms. The third kappa shape index (κ3) is 6.42. The number of halogens is 1. The van der Waals surface area contributed by atoms with Crippen LogP contribution in [-0.2, 0) is 4.79 Å². The van der Waals surface area contributed by atoms with Crippen LogP contribution in [0.25, 0.3) is 0 Å². The number of amides is 3. The highest BCUT2D eigenvalue weighted by atomic mass is 79.9. The Labute approximate surface area is 203 Å². The Balaban J connectivity index is 1.62. The summed E-state index contributed by atoms with van der Waals surface area (Å²) in [7, 11) is 1.37. The van der Waals surface area contributed by atoms with Crippen LogP contribution in [0.2, 0.25) is 0 Å². The first-order valence-corrected chi connectivity index (χ1v) is 10.7. The minimum Gasteiger partial charge on any atom is -0.493 e. The van der Waals surface area contributed by atoms with Crippen LogP contribution in [0.5, 0.6) is 11.5 Å². The van der Waals surface area contributed by atoms with Gasteiger partial charge in [-0.1, -0.05) is 22.0 Å². The lowest BCUT2D eigenvalue weighted by molar-refractivity contribution is -0.132. The van der Waals surface area contributed by atoms with Gasteiger partial charge in [-0.25, -0.2) is 0 Å². The van der Waals surface area contributed by atoms with Crippen molar-refractivity contribution in [2.24, 2.45) is 0 Å². The van der Waals surface area contributed by atoms with Gasteiger partial charge in [0.25, 0.3) is 17.7 Å². The Morgan fingerprint density at radius 2 is 1.35 bits per heavy atom. The molecule has 3 aromatic carbocycles. The quantitative estimate of drug-likeness (QED) is 0.256. The molecule has 10 heteroatoms. The number of hydrogen-bond donors (Lipinski definition) is 3. The molecule has 34 heavy (non-hydrogen) atoms. The average Bonchev–Trinajstić information content (AvgIpc) is 2.82. The highest BCUT2D eigenvalue weighted by molar-refractivity contribution is 9.10. The van der Waals surface area contributed by atoms with Crippen LogP contribution < -0.4 is 25.6 Å². The fraction of sp³-hybridized carbons (Fsp3) is 0.0833. The van der Waals surface area contributed by atoms with Crippen LogP contribution in [0.1, 0.15) is 38.0 Å². The molecule has 0 heterocycles. The fourth-order valence-corrected chi connectivity index (χ4v) is 3.11. The molecule has 3 aromatic rings. The summed E-state index contributed by atoms with van der Waals surface area (Å²) in [5.41, 5.74) is 5.89. The predicted molar refractivity (Wildman–Crippen MR) is 128 cm³/mol. The third-order valence-corrected chi connectivity index (χ3v) is 4.99. The summed E-state index contributed by atoms with van der Waals surface area (Å²) in [6, 6.07) is 17.3. The number of hydrogen-bond acceptors (Lipinski definition) is 6. The number of nitrogens with one attached hydrogen (secondary N) is 3. The largest absolute Gasteiger partial charge is 0.493 e. The van der Waals surface area contributed by atoms with E-state index in [0.717, 1.165) is 4.47 Å². The van der Waals surface area contributed by atoms with Crippen LogP contribution in [0.4, 0.5) is 5.69 Å². The first kappa shape index (κ1) is 24.5. The Morgan fingerprint density at radius 1 is 0.735 bits per heavy atom. The van der Waals surface area contributed by atoms with E-state index in [1.165, 1.54) is 44.4 Å². The zero-order valence-corrected chi connectivity index (χ0v) is 19.8. The fourth-order valence-electron chi connectivity index (χ4n) is 2.85. The molecule has 0 atom stereocenters. The molecule has 0 aliphatic rings. The van der Waals surface area contributed by atoms with E-state index in [4.69, 9.17) is 9.47 Å². The van der Waals surface area contributed by atoms with E-state index in [1.54, 1.807) is 36.4 Å². The Bertz CT molecular complexity index is 1240. The zero-order valence-electron chi connectivity index (χ0n) is 18.2. The van der Waals surface area contributed by atoms with E-state index >= 15 is 0 Å². The van der Waals surface area contributed by atoms with E-state index < -0.39 is 17.8 Å². The van der Waals surface area contributed by atoms with Gasteiger partial charge < -0.3 is 14.8 Å². The minimum atomic E-state index is -0.610. The predicted octanol–water partition coefficient (Wildman–Crippen LogP) is 3.71. The molecule has 174 valence electrons. The molecule has 3 amide bonds. The Hall–Kier alpha value is -4.18. The first-order valence-electron chi connectivity index (χ1n) is 9.91. The molecule has 3 rings (SSSR count). The van der Waals surface area contributed by atoms with Crippen molar-refractivity contribution >= 4 is 45.3 Å². The normalized spacial score (nSPS) is 10.1. The topological polar surface area (TPSA) is 123 Å². The smallest absolute Gasteiger partial charge is 0.308 e. The third-order valence-electron chi connectivity index (χ3n) is 4.46. The molecule has 0 aromatic heterocycles. The van der Waals surface area contributed by atoms with Gasteiger partial charge in [-0.05, 0) is 60.7 Å². The van der Waals surface area contributed by atoms with Gasteiger partial charge in [0.15, 0.2) is 11.5 Å². The summed E-state index contributed by atoms with van der Waals surface area (Å²) in [4.78, 5) is 48.5. The summed E-state index contributed by atoms with van der Waals surface area (Å²) in [6.45, 7) is 1.25. The number of carbonyl (C=O) groups excluding carboxylic acids is 4. The molecular formula is C24H20BrN3O6. The van der Waals surface area contributed by atoms with Crippen LogP contribution in [0, 0.1) is 0 Å². The maximum atomic E-state index is 12.5. The molecule has 0 radical (unpaired) electrons. The lowest BCUT2D eigenvalue weighted by atomic mass is 10.1. The number of ether oxygens (including phenoxy) is 2. The Kier molecular flexibility index (Phi) is 7.99. The van der Waals surface area contributed by atoms with E-state index in [0.29, 0.717) is 11.3 Å². The van der Waals surface area contributed by atoms with Crippen LogP contribution in [-0.4, -0.2) is 30.8 Å². The van der Waals surface area contributed by atoms with Crippen molar-refractivity contribution in [3.8, 4) is 11.5 Å². The molecule has 0 aliphatic carbocycles. The number of carbonyl (C=O) groups is 4. The number of esters is 1. The van der Waals surface area contributed by atoms with Crippen molar-refractivity contribution in [2.75, 3.05) is 12.4 Å². The van der Waals surface area contributed by atoms with E-state index in [9.17, 15) is 19.2 Å². The summed E-state index contributed by atoms with van der Waals surface area (Å²) in [6.07, 6.45) is 0. The molecule has 3 N–H and O–H groups in total. The second-order valence-electron chi connectivity index (χ2n) is 6.91. The number of rotatable bonds is 6. The van der Waals surface area contributed by atoms with Crippen LogP contribution in [0.3, 0.4) is 0 Å². The van der Waals surface area contributed by atoms with Gasteiger partial charge in [-0.2, -0.15) is 0 Å². The summed E-state index contributed by atoms with van der Waals surface area (Å²) >= 11 is 3.32. The van der Waals surface area contributed by atoms with Gasteiger partial charge in [0.05, 0.1) is 7.11 Å². The summed E-state index contributed by atoms with van der Waals surface area (Å²) in [5, 5.41) is 2.72. The number of benzene rings is 3.